The average Bonchev–Trinajstić information content (AvgIpc) is 2.68. The van der Waals surface area contributed by atoms with E-state index in [4.69, 9.17) is 35.7 Å². The van der Waals surface area contributed by atoms with Gasteiger partial charge in [0.05, 0.1) is 6.61 Å². The molecule has 0 radical (unpaired) electrons. The molecule has 0 aliphatic heterocycles. The molecule has 0 aromatic rings. The molecular formula is C18H38O9. The molecular weight excluding hydrogens is 360 g/mol. The third-order valence-electron chi connectivity index (χ3n) is 3.39. The van der Waals surface area contributed by atoms with Crippen LogP contribution in [0.15, 0.2) is 0 Å². The van der Waals surface area contributed by atoms with Gasteiger partial charge in [-0.15, -0.1) is 0 Å². The number of hydrogen-bond donors (Lipinski definition) is 7. The van der Waals surface area contributed by atoms with Crippen LogP contribution in [0.25, 0.3) is 0 Å². The van der Waals surface area contributed by atoms with Gasteiger partial charge in [-0.25, -0.2) is 0 Å². The summed E-state index contributed by atoms with van der Waals surface area (Å²) < 4.78 is 0. The third-order valence-corrected chi connectivity index (χ3v) is 3.39. The summed E-state index contributed by atoms with van der Waals surface area (Å²) in [5.41, 5.74) is 0. The molecule has 0 aromatic heterocycles. The SMILES string of the molecule is CCCCCCCCC(=O)O.CCCO.O=C[C@H](O)[C@@H](O)[C@H](O)[C@H](O)CO. The Morgan fingerprint density at radius 3 is 1.70 bits per heavy atom. The van der Waals surface area contributed by atoms with Gasteiger partial charge >= 0.3 is 5.97 Å². The second-order valence-corrected chi connectivity index (χ2v) is 5.99. The minimum Gasteiger partial charge on any atom is -0.481 e. The van der Waals surface area contributed by atoms with Crippen molar-refractivity contribution in [2.45, 2.75) is 89.6 Å². The first-order valence-electron chi connectivity index (χ1n) is 9.34. The molecule has 0 heterocycles. The molecule has 0 aliphatic rings. The van der Waals surface area contributed by atoms with Gasteiger partial charge in [0.15, 0.2) is 6.29 Å². The summed E-state index contributed by atoms with van der Waals surface area (Å²) in [7, 11) is 0. The maximum absolute atomic E-state index is 10.1. The highest BCUT2D eigenvalue weighted by Crippen LogP contribution is 2.06. The smallest absolute Gasteiger partial charge is 0.303 e. The maximum atomic E-state index is 10.1. The number of unbranched alkanes of at least 4 members (excludes halogenated alkanes) is 5. The van der Waals surface area contributed by atoms with Gasteiger partial charge in [-0.2, -0.15) is 0 Å². The zero-order valence-electron chi connectivity index (χ0n) is 16.4. The number of carbonyl (C=O) groups is 2. The van der Waals surface area contributed by atoms with Crippen LogP contribution < -0.4 is 0 Å². The van der Waals surface area contributed by atoms with E-state index in [-0.39, 0.29) is 6.29 Å². The Labute approximate surface area is 161 Å². The lowest BCUT2D eigenvalue weighted by Gasteiger charge is -2.22. The first-order valence-corrected chi connectivity index (χ1v) is 9.34. The maximum Gasteiger partial charge on any atom is 0.303 e. The van der Waals surface area contributed by atoms with Gasteiger partial charge in [0.25, 0.3) is 0 Å². The van der Waals surface area contributed by atoms with Crippen LogP contribution in [-0.2, 0) is 9.59 Å². The molecule has 0 bridgehead atoms. The number of hydrogen-bond acceptors (Lipinski definition) is 8. The number of aliphatic hydroxyl groups is 6. The van der Waals surface area contributed by atoms with E-state index in [1.807, 2.05) is 6.92 Å². The van der Waals surface area contributed by atoms with Gasteiger partial charge in [-0.05, 0) is 12.8 Å². The Morgan fingerprint density at radius 1 is 0.852 bits per heavy atom. The number of carbonyl (C=O) groups excluding carboxylic acids is 1. The molecule has 0 amide bonds. The highest BCUT2D eigenvalue weighted by Gasteiger charge is 2.29. The van der Waals surface area contributed by atoms with Crippen molar-refractivity contribution in [3.8, 4) is 0 Å². The molecule has 0 saturated carbocycles. The van der Waals surface area contributed by atoms with Gasteiger partial charge < -0.3 is 40.5 Å². The third kappa shape index (κ3) is 22.9. The summed E-state index contributed by atoms with van der Waals surface area (Å²) in [6.45, 7) is 3.67. The van der Waals surface area contributed by atoms with Gasteiger partial charge in [0.2, 0.25) is 0 Å². The van der Waals surface area contributed by atoms with E-state index in [0.29, 0.717) is 13.0 Å². The van der Waals surface area contributed by atoms with Crippen LogP contribution in [-0.4, -0.2) is 85.6 Å². The van der Waals surface area contributed by atoms with Gasteiger partial charge in [-0.3, -0.25) is 4.79 Å². The molecule has 9 heteroatoms. The molecule has 164 valence electrons. The van der Waals surface area contributed by atoms with E-state index in [1.165, 1.54) is 25.7 Å². The Morgan fingerprint density at radius 2 is 1.33 bits per heavy atom. The second kappa shape index (κ2) is 22.9. The number of carboxylic acid groups (broad SMARTS) is 1. The highest BCUT2D eigenvalue weighted by atomic mass is 16.4. The van der Waals surface area contributed by atoms with E-state index in [1.54, 1.807) is 0 Å². The predicted octanol–water partition coefficient (Wildman–Crippen LogP) is -0.168. The molecule has 9 nitrogen and oxygen atoms in total. The fraction of sp³-hybridized carbons (Fsp3) is 0.889. The van der Waals surface area contributed by atoms with Crippen LogP contribution in [0, 0.1) is 0 Å². The van der Waals surface area contributed by atoms with E-state index in [2.05, 4.69) is 6.92 Å². The summed E-state index contributed by atoms with van der Waals surface area (Å²) in [6.07, 6.45) is 1.29. The lowest BCUT2D eigenvalue weighted by Crippen LogP contribution is -2.46. The van der Waals surface area contributed by atoms with E-state index >= 15 is 0 Å². The largest absolute Gasteiger partial charge is 0.481 e. The predicted molar refractivity (Wildman–Crippen MR) is 100 cm³/mol. The Kier molecular flexibility index (Phi) is 26.0. The average molecular weight is 398 g/mol. The van der Waals surface area contributed by atoms with Gasteiger partial charge in [0, 0.05) is 13.0 Å². The van der Waals surface area contributed by atoms with Crippen molar-refractivity contribution >= 4 is 12.3 Å². The number of aliphatic hydroxyl groups excluding tert-OH is 6. The standard InChI is InChI=1S/C9H18O2.C6H12O6.C3H8O/c1-2-3-4-5-6-7-8-9(10)11;7-1-3(9)5(11)6(12)4(10)2-8;1-2-3-4/h2-8H2,1H3,(H,10,11);1,3-6,8-12H,2H2;4H,2-3H2,1H3/t;3-,4+,5+,6+;/m.0./s1. The summed E-state index contributed by atoms with van der Waals surface area (Å²) in [6, 6.07) is 0. The summed E-state index contributed by atoms with van der Waals surface area (Å²) >= 11 is 0. The van der Waals surface area contributed by atoms with Crippen LogP contribution >= 0.6 is 0 Å². The monoisotopic (exact) mass is 398 g/mol. The molecule has 4 atom stereocenters. The first-order chi connectivity index (χ1) is 12.7. The van der Waals surface area contributed by atoms with Crippen molar-refractivity contribution < 1.29 is 45.3 Å². The molecule has 7 N–H and O–H groups in total. The van der Waals surface area contributed by atoms with E-state index in [0.717, 1.165) is 19.3 Å². The number of aldehydes is 1. The molecule has 0 rings (SSSR count). The molecule has 0 aromatic carbocycles. The van der Waals surface area contributed by atoms with Gasteiger partial charge in [0.1, 0.15) is 24.4 Å². The highest BCUT2D eigenvalue weighted by molar-refractivity contribution is 5.66. The molecule has 0 aliphatic carbocycles. The van der Waals surface area contributed by atoms with Crippen molar-refractivity contribution in [3.05, 3.63) is 0 Å². The summed E-state index contributed by atoms with van der Waals surface area (Å²) in [5.74, 6) is -0.666. The van der Waals surface area contributed by atoms with E-state index < -0.39 is 37.0 Å². The molecule has 0 fully saturated rings. The van der Waals surface area contributed by atoms with Crippen molar-refractivity contribution in [3.63, 3.8) is 0 Å². The van der Waals surface area contributed by atoms with Crippen molar-refractivity contribution in [2.24, 2.45) is 0 Å². The van der Waals surface area contributed by atoms with Crippen LogP contribution in [0.5, 0.6) is 0 Å². The normalized spacial score (nSPS) is 14.5. The van der Waals surface area contributed by atoms with Crippen molar-refractivity contribution in [2.75, 3.05) is 13.2 Å². The molecule has 0 saturated heterocycles. The minimum absolute atomic E-state index is 0.0258. The summed E-state index contributed by atoms with van der Waals surface area (Å²) in [5, 5.41) is 59.7. The zero-order valence-corrected chi connectivity index (χ0v) is 16.4. The minimum atomic E-state index is -1.79. The van der Waals surface area contributed by atoms with Crippen LogP contribution in [0.3, 0.4) is 0 Å². The number of rotatable bonds is 13. The molecule has 0 unspecified atom stereocenters. The lowest BCUT2D eigenvalue weighted by atomic mass is 10.0. The quantitative estimate of drug-likeness (QED) is 0.164. The van der Waals surface area contributed by atoms with Crippen LogP contribution in [0.2, 0.25) is 0 Å². The van der Waals surface area contributed by atoms with Crippen molar-refractivity contribution in [1.82, 2.24) is 0 Å². The fourth-order valence-electron chi connectivity index (χ4n) is 1.67. The lowest BCUT2D eigenvalue weighted by molar-refractivity contribution is -0.137. The van der Waals surface area contributed by atoms with Crippen molar-refractivity contribution in [1.29, 1.82) is 0 Å². The Balaban J connectivity index is -0.000000357. The zero-order chi connectivity index (χ0) is 21.7. The topological polar surface area (TPSA) is 176 Å². The fourth-order valence-corrected chi connectivity index (χ4v) is 1.67. The van der Waals surface area contributed by atoms with Crippen LogP contribution in [0.1, 0.15) is 65.2 Å². The molecule has 0 spiro atoms. The van der Waals surface area contributed by atoms with E-state index in [9.17, 15) is 9.59 Å². The number of aliphatic carboxylic acids is 1. The van der Waals surface area contributed by atoms with Gasteiger partial charge in [-0.1, -0.05) is 46.0 Å². The Hall–Kier alpha value is -1.10. The molecule has 27 heavy (non-hydrogen) atoms. The second-order valence-electron chi connectivity index (χ2n) is 5.99. The van der Waals surface area contributed by atoms with Crippen LogP contribution in [0.4, 0.5) is 0 Å². The Bertz CT molecular complexity index is 324. The number of carboxylic acids is 1. The summed E-state index contributed by atoms with van der Waals surface area (Å²) in [4.78, 5) is 20.0. The first kappa shape index (κ1) is 30.6.